The molecule has 0 saturated heterocycles. The quantitative estimate of drug-likeness (QED) is 0.795. The summed E-state index contributed by atoms with van der Waals surface area (Å²) >= 11 is 0. The average Bonchev–Trinajstić information content (AvgIpc) is 2.71. The van der Waals surface area contributed by atoms with E-state index in [0.29, 0.717) is 0 Å². The van der Waals surface area contributed by atoms with E-state index in [1.807, 2.05) is 0 Å². The predicted molar refractivity (Wildman–Crippen MR) is 74.8 cm³/mol. The van der Waals surface area contributed by atoms with E-state index in [2.05, 4.69) is 43.4 Å². The molecule has 2 N–H and O–H groups in total. The molecule has 1 aliphatic heterocycles. The first kappa shape index (κ1) is 12.0. The number of hydrogen-bond donors (Lipinski definition) is 2. The molecule has 0 aromatic heterocycles. The van der Waals surface area contributed by atoms with E-state index >= 15 is 0 Å². The van der Waals surface area contributed by atoms with Gasteiger partial charge in [-0.1, -0.05) is 32.0 Å². The maximum atomic E-state index is 11.0. The van der Waals surface area contributed by atoms with Gasteiger partial charge in [-0.05, 0) is 49.1 Å². The van der Waals surface area contributed by atoms with E-state index in [0.717, 1.165) is 25.7 Å². The van der Waals surface area contributed by atoms with Gasteiger partial charge in [-0.3, -0.25) is 0 Å². The summed E-state index contributed by atoms with van der Waals surface area (Å²) in [6, 6.07) is 8.61. The van der Waals surface area contributed by atoms with Gasteiger partial charge < -0.3 is 10.4 Å². The summed E-state index contributed by atoms with van der Waals surface area (Å²) in [4.78, 5) is 0. The molecule has 0 bridgehead atoms. The van der Waals surface area contributed by atoms with Crippen LogP contribution in [-0.4, -0.2) is 16.7 Å². The molecule has 2 unspecified atom stereocenters. The molecule has 3 rings (SSSR count). The largest absolute Gasteiger partial charge is 0.388 e. The summed E-state index contributed by atoms with van der Waals surface area (Å²) in [7, 11) is 0. The monoisotopic (exact) mass is 245 g/mol. The number of anilines is 1. The Morgan fingerprint density at radius 1 is 1.22 bits per heavy atom. The van der Waals surface area contributed by atoms with Crippen molar-refractivity contribution in [3.05, 3.63) is 29.8 Å². The number of para-hydroxylation sites is 1. The van der Waals surface area contributed by atoms with Gasteiger partial charge >= 0.3 is 0 Å². The molecule has 2 atom stereocenters. The molecule has 98 valence electrons. The smallest absolute Gasteiger partial charge is 0.0856 e. The minimum atomic E-state index is -0.541. The van der Waals surface area contributed by atoms with E-state index in [-0.39, 0.29) is 11.5 Å². The highest BCUT2D eigenvalue weighted by Gasteiger charge is 2.45. The molecule has 2 heteroatoms. The third-order valence-corrected chi connectivity index (χ3v) is 4.67. The summed E-state index contributed by atoms with van der Waals surface area (Å²) in [5.41, 5.74) is 2.28. The van der Waals surface area contributed by atoms with E-state index in [1.165, 1.54) is 17.7 Å². The lowest BCUT2D eigenvalue weighted by Crippen LogP contribution is -2.51. The molecule has 1 aromatic carbocycles. The maximum Gasteiger partial charge on any atom is 0.0856 e. The second-order valence-corrected chi connectivity index (χ2v) is 6.86. The van der Waals surface area contributed by atoms with Crippen molar-refractivity contribution in [2.75, 3.05) is 5.32 Å². The summed E-state index contributed by atoms with van der Waals surface area (Å²) < 4.78 is 0. The maximum absolute atomic E-state index is 11.0. The molecule has 1 aliphatic carbocycles. The van der Waals surface area contributed by atoms with Gasteiger partial charge in [-0.15, -0.1) is 0 Å². The first-order valence-electron chi connectivity index (χ1n) is 7.05. The molecule has 0 radical (unpaired) electrons. The Morgan fingerprint density at radius 3 is 2.72 bits per heavy atom. The molecule has 1 saturated carbocycles. The van der Waals surface area contributed by atoms with Crippen molar-refractivity contribution < 1.29 is 5.11 Å². The number of fused-ring (bicyclic) bond motifs is 1. The molecular weight excluding hydrogens is 222 g/mol. The third kappa shape index (κ3) is 2.03. The number of rotatable bonds is 1. The van der Waals surface area contributed by atoms with Crippen molar-refractivity contribution in [2.24, 2.45) is 5.41 Å². The van der Waals surface area contributed by atoms with Gasteiger partial charge in [0, 0.05) is 5.69 Å². The molecular formula is C16H23NO. The number of hydrogen-bond acceptors (Lipinski definition) is 2. The van der Waals surface area contributed by atoms with E-state index in [4.69, 9.17) is 0 Å². The second kappa shape index (κ2) is 3.99. The van der Waals surface area contributed by atoms with E-state index in [1.54, 1.807) is 0 Å². The first-order valence-corrected chi connectivity index (χ1v) is 7.05. The Labute approximate surface area is 109 Å². The lowest BCUT2D eigenvalue weighted by Gasteiger charge is -2.45. The zero-order valence-corrected chi connectivity index (χ0v) is 11.4. The van der Waals surface area contributed by atoms with Crippen LogP contribution in [0.2, 0.25) is 0 Å². The summed E-state index contributed by atoms with van der Waals surface area (Å²) in [6.07, 6.45) is 5.17. The van der Waals surface area contributed by atoms with Crippen LogP contribution >= 0.6 is 0 Å². The zero-order valence-electron chi connectivity index (χ0n) is 11.4. The average molecular weight is 245 g/mol. The predicted octanol–water partition coefficient (Wildman–Crippen LogP) is 3.35. The number of aliphatic hydroxyl groups is 1. The number of nitrogens with one attached hydrogen (secondary N) is 1. The highest BCUT2D eigenvalue weighted by Crippen LogP contribution is 2.45. The van der Waals surface area contributed by atoms with Crippen LogP contribution in [0.25, 0.3) is 0 Å². The number of benzene rings is 1. The lowest BCUT2D eigenvalue weighted by molar-refractivity contribution is -0.0513. The Kier molecular flexibility index (Phi) is 2.67. The fraction of sp³-hybridized carbons (Fsp3) is 0.625. The highest BCUT2D eigenvalue weighted by molar-refractivity contribution is 5.57. The van der Waals surface area contributed by atoms with Crippen molar-refractivity contribution in [1.82, 2.24) is 0 Å². The summed E-state index contributed by atoms with van der Waals surface area (Å²) in [5, 5.41) is 14.5. The van der Waals surface area contributed by atoms with Crippen LogP contribution in [0.15, 0.2) is 24.3 Å². The molecule has 2 nitrogen and oxygen atoms in total. The fourth-order valence-electron chi connectivity index (χ4n) is 3.80. The molecule has 1 fully saturated rings. The van der Waals surface area contributed by atoms with Crippen LogP contribution < -0.4 is 5.32 Å². The Balaban J connectivity index is 1.81. The fourth-order valence-corrected chi connectivity index (χ4v) is 3.80. The van der Waals surface area contributed by atoms with Crippen LogP contribution in [-0.2, 0) is 6.42 Å². The molecule has 0 spiro atoms. The minimum Gasteiger partial charge on any atom is -0.388 e. The van der Waals surface area contributed by atoms with Gasteiger partial charge in [-0.2, -0.15) is 0 Å². The van der Waals surface area contributed by atoms with Crippen LogP contribution in [0.4, 0.5) is 5.69 Å². The van der Waals surface area contributed by atoms with Crippen molar-refractivity contribution in [3.8, 4) is 0 Å². The van der Waals surface area contributed by atoms with Crippen molar-refractivity contribution in [2.45, 2.75) is 57.6 Å². The summed E-state index contributed by atoms with van der Waals surface area (Å²) in [5.74, 6) is 0. The molecule has 2 aliphatic rings. The van der Waals surface area contributed by atoms with Crippen LogP contribution in [0.5, 0.6) is 0 Å². The third-order valence-electron chi connectivity index (χ3n) is 4.67. The van der Waals surface area contributed by atoms with Crippen molar-refractivity contribution in [1.29, 1.82) is 0 Å². The Hall–Kier alpha value is -1.02. The standard InChI is InChI=1S/C16H23NO/c1-15(2)8-5-9-16(18,11-15)14-10-12-6-3-4-7-13(12)17-14/h3-4,6-7,14,17-18H,5,8-11H2,1-2H3. The first-order chi connectivity index (χ1) is 8.49. The molecule has 18 heavy (non-hydrogen) atoms. The lowest BCUT2D eigenvalue weighted by atomic mass is 9.67. The second-order valence-electron chi connectivity index (χ2n) is 6.86. The van der Waals surface area contributed by atoms with Crippen molar-refractivity contribution in [3.63, 3.8) is 0 Å². The van der Waals surface area contributed by atoms with Gasteiger partial charge in [0.05, 0.1) is 11.6 Å². The van der Waals surface area contributed by atoms with E-state index < -0.39 is 5.60 Å². The van der Waals surface area contributed by atoms with Gasteiger partial charge in [0.2, 0.25) is 0 Å². The molecule has 1 aromatic rings. The molecule has 0 amide bonds. The van der Waals surface area contributed by atoms with Crippen LogP contribution in [0.1, 0.15) is 45.1 Å². The highest BCUT2D eigenvalue weighted by atomic mass is 16.3. The van der Waals surface area contributed by atoms with Gasteiger partial charge in [-0.25, -0.2) is 0 Å². The van der Waals surface area contributed by atoms with E-state index in [9.17, 15) is 5.11 Å². The Bertz CT molecular complexity index is 429. The van der Waals surface area contributed by atoms with Crippen molar-refractivity contribution >= 4 is 5.69 Å². The SMILES string of the molecule is CC1(C)CCCC(O)(C2Cc3ccccc3N2)C1. The normalized spacial score (nSPS) is 33.8. The Morgan fingerprint density at radius 2 is 2.00 bits per heavy atom. The zero-order chi connectivity index (χ0) is 12.8. The van der Waals surface area contributed by atoms with Gasteiger partial charge in [0.25, 0.3) is 0 Å². The van der Waals surface area contributed by atoms with Crippen LogP contribution in [0.3, 0.4) is 0 Å². The van der Waals surface area contributed by atoms with Gasteiger partial charge in [0.15, 0.2) is 0 Å². The van der Waals surface area contributed by atoms with Crippen LogP contribution in [0, 0.1) is 5.41 Å². The summed E-state index contributed by atoms with van der Waals surface area (Å²) in [6.45, 7) is 4.55. The van der Waals surface area contributed by atoms with Gasteiger partial charge in [0.1, 0.15) is 0 Å². The minimum absolute atomic E-state index is 0.189. The topological polar surface area (TPSA) is 32.3 Å². The molecule has 1 heterocycles.